The number of urea groups is 1. The molecule has 0 aromatic rings. The molecule has 0 radical (unpaired) electrons. The van der Waals surface area contributed by atoms with Crippen LogP contribution < -0.4 is 5.32 Å². The first-order valence-electron chi connectivity index (χ1n) is 8.07. The number of piperazine rings is 1. The minimum atomic E-state index is -0.131. The van der Waals surface area contributed by atoms with Crippen LogP contribution in [-0.4, -0.2) is 92.2 Å². The summed E-state index contributed by atoms with van der Waals surface area (Å²) < 4.78 is 5.23. The summed E-state index contributed by atoms with van der Waals surface area (Å²) in [4.78, 5) is 30.3. The van der Waals surface area contributed by atoms with Crippen LogP contribution >= 0.6 is 0 Å². The number of carbonyl (C=O) groups is 2. The van der Waals surface area contributed by atoms with Crippen molar-refractivity contribution in [2.24, 2.45) is 5.92 Å². The molecule has 0 aromatic heterocycles. The summed E-state index contributed by atoms with van der Waals surface area (Å²) in [5.74, 6) is 0.357. The van der Waals surface area contributed by atoms with E-state index in [9.17, 15) is 9.59 Å². The first kappa shape index (κ1) is 17.0. The number of rotatable bonds is 3. The first-order valence-corrected chi connectivity index (χ1v) is 8.07. The summed E-state index contributed by atoms with van der Waals surface area (Å²) in [5, 5.41) is 2.79. The number of ether oxygens (including phenoxy) is 1. The van der Waals surface area contributed by atoms with Gasteiger partial charge in [-0.1, -0.05) is 13.8 Å². The van der Waals surface area contributed by atoms with Crippen molar-refractivity contribution < 1.29 is 14.3 Å². The SMILES string of the molecule is CC(C)C1CN(C)CCN1C(=O)NCC(=O)N1CCOCC1. The Morgan fingerprint density at radius 2 is 1.86 bits per heavy atom. The van der Waals surface area contributed by atoms with Crippen LogP contribution in [0.3, 0.4) is 0 Å². The summed E-state index contributed by atoms with van der Waals surface area (Å²) in [6.45, 7) is 9.15. The van der Waals surface area contributed by atoms with Crippen LogP contribution in [0, 0.1) is 5.92 Å². The molecule has 2 aliphatic rings. The molecule has 1 unspecified atom stereocenters. The molecule has 7 heteroatoms. The van der Waals surface area contributed by atoms with Crippen LogP contribution in [-0.2, 0) is 9.53 Å². The molecule has 126 valence electrons. The molecule has 1 atom stereocenters. The van der Waals surface area contributed by atoms with Crippen LogP contribution in [0.2, 0.25) is 0 Å². The molecule has 3 amide bonds. The Hall–Kier alpha value is -1.34. The molecule has 2 rings (SSSR count). The van der Waals surface area contributed by atoms with E-state index in [0.29, 0.717) is 38.8 Å². The zero-order chi connectivity index (χ0) is 16.1. The van der Waals surface area contributed by atoms with Crippen LogP contribution in [0.1, 0.15) is 13.8 Å². The topological polar surface area (TPSA) is 65.1 Å². The van der Waals surface area contributed by atoms with E-state index in [1.807, 2.05) is 4.90 Å². The second-order valence-electron chi connectivity index (χ2n) is 6.42. The van der Waals surface area contributed by atoms with Gasteiger partial charge in [0.1, 0.15) is 0 Å². The second kappa shape index (κ2) is 7.78. The molecule has 22 heavy (non-hydrogen) atoms. The van der Waals surface area contributed by atoms with Gasteiger partial charge in [-0.3, -0.25) is 4.79 Å². The summed E-state index contributed by atoms with van der Waals surface area (Å²) in [6, 6.07) is 0.0608. The Labute approximate surface area is 132 Å². The smallest absolute Gasteiger partial charge is 0.318 e. The lowest BCUT2D eigenvalue weighted by atomic mass is 10.0. The van der Waals surface area contributed by atoms with Gasteiger partial charge in [0.05, 0.1) is 19.8 Å². The molecule has 7 nitrogen and oxygen atoms in total. The molecule has 0 aromatic carbocycles. The van der Waals surface area contributed by atoms with E-state index < -0.39 is 0 Å². The molecular weight excluding hydrogens is 284 g/mol. The van der Waals surface area contributed by atoms with Gasteiger partial charge in [0.15, 0.2) is 0 Å². The van der Waals surface area contributed by atoms with Crippen LogP contribution in [0.5, 0.6) is 0 Å². The van der Waals surface area contributed by atoms with E-state index in [1.54, 1.807) is 4.90 Å². The van der Waals surface area contributed by atoms with Crippen molar-refractivity contribution >= 4 is 11.9 Å². The lowest BCUT2D eigenvalue weighted by Crippen LogP contribution is -2.59. The third-order valence-corrected chi connectivity index (χ3v) is 4.41. The monoisotopic (exact) mass is 312 g/mol. The van der Waals surface area contributed by atoms with Crippen molar-refractivity contribution in [3.05, 3.63) is 0 Å². The van der Waals surface area contributed by atoms with Gasteiger partial charge >= 0.3 is 6.03 Å². The molecule has 2 heterocycles. The zero-order valence-electron chi connectivity index (χ0n) is 13.9. The Kier molecular flexibility index (Phi) is 6.02. The standard InChI is InChI=1S/C15H28N4O3/c1-12(2)13-11-17(3)4-5-19(13)15(21)16-10-14(20)18-6-8-22-9-7-18/h12-13H,4-11H2,1-3H3,(H,16,21). The average molecular weight is 312 g/mol. The van der Waals surface area contributed by atoms with Crippen LogP contribution in [0.25, 0.3) is 0 Å². The number of hydrogen-bond acceptors (Lipinski definition) is 4. The number of nitrogens with zero attached hydrogens (tertiary/aromatic N) is 3. The summed E-state index contributed by atoms with van der Waals surface area (Å²) >= 11 is 0. The van der Waals surface area contributed by atoms with E-state index in [-0.39, 0.29) is 24.5 Å². The molecule has 0 spiro atoms. The number of hydrogen-bond donors (Lipinski definition) is 1. The van der Waals surface area contributed by atoms with E-state index in [2.05, 4.69) is 31.1 Å². The zero-order valence-corrected chi connectivity index (χ0v) is 13.9. The van der Waals surface area contributed by atoms with Gasteiger partial charge in [0.25, 0.3) is 0 Å². The number of carbonyl (C=O) groups excluding carboxylic acids is 2. The van der Waals surface area contributed by atoms with E-state index in [1.165, 1.54) is 0 Å². The first-order chi connectivity index (χ1) is 10.5. The van der Waals surface area contributed by atoms with Gasteiger partial charge < -0.3 is 24.8 Å². The Morgan fingerprint density at radius 1 is 1.18 bits per heavy atom. The van der Waals surface area contributed by atoms with Gasteiger partial charge in [-0.05, 0) is 13.0 Å². The molecular formula is C15H28N4O3. The molecule has 2 saturated heterocycles. The molecule has 0 saturated carbocycles. The van der Waals surface area contributed by atoms with Gasteiger partial charge in [0, 0.05) is 38.8 Å². The van der Waals surface area contributed by atoms with Crippen molar-refractivity contribution in [3.63, 3.8) is 0 Å². The van der Waals surface area contributed by atoms with Gasteiger partial charge in [-0.2, -0.15) is 0 Å². The van der Waals surface area contributed by atoms with E-state index >= 15 is 0 Å². The summed E-state index contributed by atoms with van der Waals surface area (Å²) in [7, 11) is 2.08. The summed E-state index contributed by atoms with van der Waals surface area (Å²) in [6.07, 6.45) is 0. The molecule has 0 aliphatic carbocycles. The average Bonchev–Trinajstić information content (AvgIpc) is 2.53. The highest BCUT2D eigenvalue weighted by Gasteiger charge is 2.31. The van der Waals surface area contributed by atoms with Gasteiger partial charge in [0.2, 0.25) is 5.91 Å². The quantitative estimate of drug-likeness (QED) is 0.786. The number of morpholine rings is 1. The van der Waals surface area contributed by atoms with Crippen molar-refractivity contribution in [1.82, 2.24) is 20.0 Å². The minimum absolute atomic E-state index is 0.0353. The van der Waals surface area contributed by atoms with Gasteiger partial charge in [-0.25, -0.2) is 4.79 Å². The van der Waals surface area contributed by atoms with E-state index in [4.69, 9.17) is 4.74 Å². The van der Waals surface area contributed by atoms with Crippen molar-refractivity contribution in [1.29, 1.82) is 0 Å². The molecule has 1 N–H and O–H groups in total. The fourth-order valence-electron chi connectivity index (χ4n) is 2.95. The van der Waals surface area contributed by atoms with E-state index in [0.717, 1.165) is 13.1 Å². The number of amides is 3. The maximum absolute atomic E-state index is 12.4. The Balaban J connectivity index is 1.83. The largest absolute Gasteiger partial charge is 0.378 e. The lowest BCUT2D eigenvalue weighted by molar-refractivity contribution is -0.134. The lowest BCUT2D eigenvalue weighted by Gasteiger charge is -2.42. The highest BCUT2D eigenvalue weighted by molar-refractivity contribution is 5.84. The normalized spacial score (nSPS) is 23.7. The van der Waals surface area contributed by atoms with Crippen molar-refractivity contribution in [3.8, 4) is 0 Å². The molecule has 0 bridgehead atoms. The molecule has 2 aliphatic heterocycles. The number of likely N-dealkylation sites (N-methyl/N-ethyl adjacent to an activating group) is 1. The Bertz CT molecular complexity index is 396. The highest BCUT2D eigenvalue weighted by atomic mass is 16.5. The maximum Gasteiger partial charge on any atom is 0.318 e. The van der Waals surface area contributed by atoms with Crippen LogP contribution in [0.15, 0.2) is 0 Å². The Morgan fingerprint density at radius 3 is 2.50 bits per heavy atom. The summed E-state index contributed by atoms with van der Waals surface area (Å²) in [5.41, 5.74) is 0. The fraction of sp³-hybridized carbons (Fsp3) is 0.867. The number of nitrogens with one attached hydrogen (secondary N) is 1. The highest BCUT2D eigenvalue weighted by Crippen LogP contribution is 2.16. The fourth-order valence-corrected chi connectivity index (χ4v) is 2.95. The third-order valence-electron chi connectivity index (χ3n) is 4.41. The second-order valence-corrected chi connectivity index (χ2v) is 6.42. The molecule has 2 fully saturated rings. The predicted octanol–water partition coefficient (Wildman–Crippen LogP) is -0.173. The van der Waals surface area contributed by atoms with Gasteiger partial charge in [-0.15, -0.1) is 0 Å². The maximum atomic E-state index is 12.4. The minimum Gasteiger partial charge on any atom is -0.378 e. The van der Waals surface area contributed by atoms with Crippen molar-refractivity contribution in [2.45, 2.75) is 19.9 Å². The van der Waals surface area contributed by atoms with Crippen molar-refractivity contribution in [2.75, 3.05) is 59.5 Å². The predicted molar refractivity (Wildman–Crippen MR) is 83.6 cm³/mol. The third kappa shape index (κ3) is 4.33. The van der Waals surface area contributed by atoms with Crippen LogP contribution in [0.4, 0.5) is 4.79 Å².